The Morgan fingerprint density at radius 1 is 1.03 bits per heavy atom. The smallest absolute Gasteiger partial charge is 0.264 e. The number of nitrogens with zero attached hydrogens (tertiary/aromatic N) is 3. The van der Waals surface area contributed by atoms with Crippen molar-refractivity contribution in [3.8, 4) is 5.75 Å². The van der Waals surface area contributed by atoms with Gasteiger partial charge in [-0.1, -0.05) is 29.8 Å². The minimum absolute atomic E-state index is 0.116. The van der Waals surface area contributed by atoms with Crippen LogP contribution in [0.25, 0.3) is 11.0 Å². The third-order valence-electron chi connectivity index (χ3n) is 5.28. The lowest BCUT2D eigenvalue weighted by molar-refractivity contribution is 0.164. The highest BCUT2D eigenvalue weighted by Crippen LogP contribution is 2.27. The number of methoxy groups -OCH3 is 1. The second kappa shape index (κ2) is 9.02. The molecule has 0 spiro atoms. The molecule has 0 saturated carbocycles. The number of rotatable bonds is 8. The standard InChI is InChI=1S/C24H25N3O4S/c1-18-7-13-22(14-8-18)32(29,30)27(19-9-11-21(31-2)12-10-19)16-20(28)15-26-17-25-23-5-3-4-6-24(23)26/h3-14,17,20,28H,15-16H2,1-2H3/t20-/m0/s1. The number of hydrogen-bond donors (Lipinski definition) is 1. The molecule has 1 aromatic heterocycles. The van der Waals surface area contributed by atoms with E-state index in [2.05, 4.69) is 4.98 Å². The monoisotopic (exact) mass is 451 g/mol. The van der Waals surface area contributed by atoms with Crippen LogP contribution in [0.2, 0.25) is 0 Å². The molecule has 0 saturated heterocycles. The summed E-state index contributed by atoms with van der Waals surface area (Å²) in [4.78, 5) is 4.50. The Labute approximate surface area is 187 Å². The van der Waals surface area contributed by atoms with Crippen LogP contribution in [-0.4, -0.2) is 42.8 Å². The van der Waals surface area contributed by atoms with Crippen LogP contribution in [0.15, 0.2) is 84.0 Å². The highest BCUT2D eigenvalue weighted by Gasteiger charge is 2.27. The summed E-state index contributed by atoms with van der Waals surface area (Å²) in [7, 11) is -2.35. The fourth-order valence-electron chi connectivity index (χ4n) is 3.56. The Morgan fingerprint density at radius 3 is 2.41 bits per heavy atom. The lowest BCUT2D eigenvalue weighted by atomic mass is 10.2. The molecule has 3 aromatic carbocycles. The van der Waals surface area contributed by atoms with Gasteiger partial charge in [0.05, 0.1) is 54.2 Å². The van der Waals surface area contributed by atoms with Crippen molar-refractivity contribution in [1.82, 2.24) is 9.55 Å². The Balaban J connectivity index is 1.65. The predicted octanol–water partition coefficient (Wildman–Crippen LogP) is 3.61. The molecular weight excluding hydrogens is 426 g/mol. The summed E-state index contributed by atoms with van der Waals surface area (Å²) in [6.07, 6.45) is 0.690. The normalized spacial score (nSPS) is 12.6. The molecule has 1 heterocycles. The van der Waals surface area contributed by atoms with E-state index in [4.69, 9.17) is 4.74 Å². The number of imidazole rings is 1. The van der Waals surface area contributed by atoms with Gasteiger partial charge in [0.25, 0.3) is 10.0 Å². The summed E-state index contributed by atoms with van der Waals surface area (Å²) < 4.78 is 35.3. The topological polar surface area (TPSA) is 84.7 Å². The van der Waals surface area contributed by atoms with Gasteiger partial charge >= 0.3 is 0 Å². The molecule has 1 N–H and O–H groups in total. The zero-order valence-corrected chi connectivity index (χ0v) is 18.7. The Kier molecular flexibility index (Phi) is 6.16. The molecule has 7 nitrogen and oxygen atoms in total. The maximum atomic E-state index is 13.5. The van der Waals surface area contributed by atoms with E-state index in [1.807, 2.05) is 35.8 Å². The number of sulfonamides is 1. The average Bonchev–Trinajstić information content (AvgIpc) is 3.20. The molecule has 0 bridgehead atoms. The van der Waals surface area contributed by atoms with Gasteiger partial charge in [-0.15, -0.1) is 0 Å². The van der Waals surface area contributed by atoms with Gasteiger partial charge in [0.1, 0.15) is 5.75 Å². The Bertz CT molecular complexity index is 1300. The molecule has 0 aliphatic rings. The van der Waals surface area contributed by atoms with Crippen molar-refractivity contribution in [3.05, 3.63) is 84.7 Å². The maximum absolute atomic E-state index is 13.5. The molecular formula is C24H25N3O4S. The minimum Gasteiger partial charge on any atom is -0.497 e. The summed E-state index contributed by atoms with van der Waals surface area (Å²) in [5.74, 6) is 0.617. The van der Waals surface area contributed by atoms with Gasteiger partial charge < -0.3 is 14.4 Å². The van der Waals surface area contributed by atoms with Crippen LogP contribution in [0.4, 0.5) is 5.69 Å². The Morgan fingerprint density at radius 2 is 1.72 bits per heavy atom. The van der Waals surface area contributed by atoms with Gasteiger partial charge in [-0.3, -0.25) is 4.31 Å². The number of anilines is 1. The average molecular weight is 452 g/mol. The highest BCUT2D eigenvalue weighted by molar-refractivity contribution is 7.92. The van der Waals surface area contributed by atoms with Crippen LogP contribution in [0.3, 0.4) is 0 Å². The SMILES string of the molecule is COc1ccc(N(C[C@@H](O)Cn2cnc3ccccc32)S(=O)(=O)c2ccc(C)cc2)cc1. The van der Waals surface area contributed by atoms with E-state index in [1.165, 1.54) is 4.31 Å². The van der Waals surface area contributed by atoms with E-state index in [0.29, 0.717) is 11.4 Å². The number of aliphatic hydroxyl groups is 1. The van der Waals surface area contributed by atoms with Gasteiger partial charge in [-0.2, -0.15) is 0 Å². The van der Waals surface area contributed by atoms with E-state index in [1.54, 1.807) is 62.0 Å². The molecule has 166 valence electrons. The molecule has 0 aliphatic heterocycles. The highest BCUT2D eigenvalue weighted by atomic mass is 32.2. The lowest BCUT2D eigenvalue weighted by Crippen LogP contribution is -2.39. The molecule has 0 fully saturated rings. The number of para-hydroxylation sites is 2. The first-order valence-electron chi connectivity index (χ1n) is 10.2. The first kappa shape index (κ1) is 21.9. The number of aryl methyl sites for hydroxylation is 1. The van der Waals surface area contributed by atoms with E-state index < -0.39 is 16.1 Å². The lowest BCUT2D eigenvalue weighted by Gasteiger charge is -2.27. The number of hydrogen-bond acceptors (Lipinski definition) is 5. The van der Waals surface area contributed by atoms with Crippen molar-refractivity contribution in [2.45, 2.75) is 24.5 Å². The molecule has 32 heavy (non-hydrogen) atoms. The third-order valence-corrected chi connectivity index (χ3v) is 7.09. The van der Waals surface area contributed by atoms with Crippen LogP contribution >= 0.6 is 0 Å². The van der Waals surface area contributed by atoms with Gasteiger partial charge in [0, 0.05) is 0 Å². The van der Waals surface area contributed by atoms with E-state index in [-0.39, 0.29) is 18.0 Å². The summed E-state index contributed by atoms with van der Waals surface area (Å²) in [6.45, 7) is 1.99. The molecule has 0 amide bonds. The number of aromatic nitrogens is 2. The number of benzene rings is 3. The van der Waals surface area contributed by atoms with Crippen molar-refractivity contribution in [2.75, 3.05) is 18.0 Å². The first-order valence-corrected chi connectivity index (χ1v) is 11.6. The molecule has 8 heteroatoms. The maximum Gasteiger partial charge on any atom is 0.264 e. The predicted molar refractivity (Wildman–Crippen MR) is 124 cm³/mol. The van der Waals surface area contributed by atoms with Crippen molar-refractivity contribution < 1.29 is 18.3 Å². The van der Waals surface area contributed by atoms with Crippen LogP contribution in [-0.2, 0) is 16.6 Å². The van der Waals surface area contributed by atoms with Crippen molar-refractivity contribution in [3.63, 3.8) is 0 Å². The largest absolute Gasteiger partial charge is 0.497 e. The molecule has 4 aromatic rings. The van der Waals surface area contributed by atoms with Gasteiger partial charge in [0.2, 0.25) is 0 Å². The quantitative estimate of drug-likeness (QED) is 0.442. The second-order valence-corrected chi connectivity index (χ2v) is 9.45. The summed E-state index contributed by atoms with van der Waals surface area (Å²) in [6, 6.07) is 21.0. The van der Waals surface area contributed by atoms with Gasteiger partial charge in [-0.05, 0) is 55.5 Å². The van der Waals surface area contributed by atoms with Crippen molar-refractivity contribution in [1.29, 1.82) is 0 Å². The fourth-order valence-corrected chi connectivity index (χ4v) is 5.06. The molecule has 0 unspecified atom stereocenters. The fraction of sp³-hybridized carbons (Fsp3) is 0.208. The third kappa shape index (κ3) is 4.46. The van der Waals surface area contributed by atoms with E-state index in [0.717, 1.165) is 16.6 Å². The van der Waals surface area contributed by atoms with Crippen molar-refractivity contribution in [2.24, 2.45) is 0 Å². The minimum atomic E-state index is -3.90. The first-order chi connectivity index (χ1) is 15.4. The van der Waals surface area contributed by atoms with Crippen LogP contribution in [0.1, 0.15) is 5.56 Å². The Hall–Kier alpha value is -3.36. The molecule has 0 aliphatic carbocycles. The number of fused-ring (bicyclic) bond motifs is 1. The van der Waals surface area contributed by atoms with Crippen LogP contribution in [0, 0.1) is 6.92 Å². The molecule has 4 rings (SSSR count). The van der Waals surface area contributed by atoms with Gasteiger partial charge in [0.15, 0.2) is 0 Å². The van der Waals surface area contributed by atoms with Gasteiger partial charge in [-0.25, -0.2) is 13.4 Å². The van der Waals surface area contributed by atoms with Crippen molar-refractivity contribution >= 4 is 26.7 Å². The zero-order valence-electron chi connectivity index (χ0n) is 17.9. The van der Waals surface area contributed by atoms with Crippen LogP contribution < -0.4 is 9.04 Å². The number of ether oxygens (including phenoxy) is 1. The summed E-state index contributed by atoms with van der Waals surface area (Å²) in [5.41, 5.74) is 3.11. The molecule has 1 atom stereocenters. The number of aliphatic hydroxyl groups excluding tert-OH is 1. The molecule has 0 radical (unpaired) electrons. The van der Waals surface area contributed by atoms with E-state index in [9.17, 15) is 13.5 Å². The van der Waals surface area contributed by atoms with Crippen LogP contribution in [0.5, 0.6) is 5.75 Å². The second-order valence-electron chi connectivity index (χ2n) is 7.59. The van der Waals surface area contributed by atoms with E-state index >= 15 is 0 Å². The summed E-state index contributed by atoms with van der Waals surface area (Å²) >= 11 is 0. The summed E-state index contributed by atoms with van der Waals surface area (Å²) in [5, 5.41) is 10.9. The zero-order chi connectivity index (χ0) is 22.7.